The van der Waals surface area contributed by atoms with E-state index in [9.17, 15) is 23.5 Å². The van der Waals surface area contributed by atoms with Crippen LogP contribution in [0.3, 0.4) is 0 Å². The highest BCUT2D eigenvalue weighted by molar-refractivity contribution is 5.96. The van der Waals surface area contributed by atoms with Gasteiger partial charge in [0.2, 0.25) is 0 Å². The molecule has 1 amide bonds. The van der Waals surface area contributed by atoms with Crippen LogP contribution in [-0.2, 0) is 4.79 Å². The predicted octanol–water partition coefficient (Wildman–Crippen LogP) is 2.52. The average molecular weight is 291 g/mol. The summed E-state index contributed by atoms with van der Waals surface area (Å²) in [4.78, 5) is 23.2. The van der Waals surface area contributed by atoms with Gasteiger partial charge in [-0.05, 0) is 23.8 Å². The number of benzene rings is 2. The van der Waals surface area contributed by atoms with Gasteiger partial charge in [-0.15, -0.1) is 0 Å². The molecule has 2 N–H and O–H groups in total. The summed E-state index contributed by atoms with van der Waals surface area (Å²) in [6, 6.07) is 9.40. The van der Waals surface area contributed by atoms with Crippen molar-refractivity contribution in [3.63, 3.8) is 0 Å². The van der Waals surface area contributed by atoms with Gasteiger partial charge < -0.3 is 10.4 Å². The van der Waals surface area contributed by atoms with Crippen LogP contribution in [-0.4, -0.2) is 17.0 Å². The number of hydrogen-bond acceptors (Lipinski definition) is 2. The molecule has 0 aromatic heterocycles. The lowest BCUT2D eigenvalue weighted by Crippen LogP contribution is -2.33. The Morgan fingerprint density at radius 1 is 1.00 bits per heavy atom. The molecular weight excluding hydrogens is 280 g/mol. The van der Waals surface area contributed by atoms with Crippen molar-refractivity contribution in [3.8, 4) is 0 Å². The number of carbonyl (C=O) groups is 2. The van der Waals surface area contributed by atoms with Gasteiger partial charge in [0, 0.05) is 5.56 Å². The number of halogens is 2. The Labute approximate surface area is 119 Å². The van der Waals surface area contributed by atoms with Gasteiger partial charge in [-0.2, -0.15) is 0 Å². The minimum atomic E-state index is -1.27. The van der Waals surface area contributed by atoms with Gasteiger partial charge >= 0.3 is 5.97 Å². The SMILES string of the molecule is O=C(N[C@@H](C(=O)O)c1ccccc1)c1ccc(F)c(F)c1. The molecule has 2 aromatic rings. The topological polar surface area (TPSA) is 66.4 Å². The molecule has 0 bridgehead atoms. The van der Waals surface area contributed by atoms with Crippen molar-refractivity contribution in [1.29, 1.82) is 0 Å². The molecule has 0 fully saturated rings. The number of hydrogen-bond donors (Lipinski definition) is 2. The first kappa shape index (κ1) is 14.6. The molecular formula is C15H11F2NO3. The highest BCUT2D eigenvalue weighted by atomic mass is 19.2. The summed E-state index contributed by atoms with van der Waals surface area (Å²) in [6.07, 6.45) is 0. The van der Waals surface area contributed by atoms with E-state index < -0.39 is 29.6 Å². The van der Waals surface area contributed by atoms with E-state index in [1.54, 1.807) is 30.3 Å². The lowest BCUT2D eigenvalue weighted by atomic mass is 10.1. The quantitative estimate of drug-likeness (QED) is 0.909. The van der Waals surface area contributed by atoms with E-state index in [2.05, 4.69) is 5.32 Å². The smallest absolute Gasteiger partial charge is 0.330 e. The first-order valence-electron chi connectivity index (χ1n) is 6.02. The molecule has 0 saturated heterocycles. The summed E-state index contributed by atoms with van der Waals surface area (Å²) in [5.74, 6) is -4.30. The first-order chi connectivity index (χ1) is 9.99. The zero-order chi connectivity index (χ0) is 15.4. The lowest BCUT2D eigenvalue weighted by Gasteiger charge is -2.15. The molecule has 2 aromatic carbocycles. The van der Waals surface area contributed by atoms with Crippen LogP contribution in [0.5, 0.6) is 0 Å². The molecule has 4 nitrogen and oxygen atoms in total. The molecule has 108 valence electrons. The monoisotopic (exact) mass is 291 g/mol. The highest BCUT2D eigenvalue weighted by Gasteiger charge is 2.22. The van der Waals surface area contributed by atoms with Gasteiger partial charge in [0.05, 0.1) is 0 Å². The third-order valence-corrected chi connectivity index (χ3v) is 2.84. The van der Waals surface area contributed by atoms with Crippen LogP contribution in [0.15, 0.2) is 48.5 Å². The third-order valence-electron chi connectivity index (χ3n) is 2.84. The molecule has 0 aliphatic rings. The van der Waals surface area contributed by atoms with Gasteiger partial charge in [-0.3, -0.25) is 4.79 Å². The number of nitrogens with one attached hydrogen (secondary N) is 1. The summed E-state index contributed by atoms with van der Waals surface area (Å²) in [7, 11) is 0. The van der Waals surface area contributed by atoms with Gasteiger partial charge in [0.15, 0.2) is 17.7 Å². The molecule has 21 heavy (non-hydrogen) atoms. The van der Waals surface area contributed by atoms with Crippen molar-refractivity contribution < 1.29 is 23.5 Å². The van der Waals surface area contributed by atoms with E-state index in [0.717, 1.165) is 12.1 Å². The second-order valence-electron chi connectivity index (χ2n) is 4.28. The molecule has 6 heteroatoms. The maximum atomic E-state index is 13.1. The second-order valence-corrected chi connectivity index (χ2v) is 4.28. The Kier molecular flexibility index (Phi) is 4.27. The zero-order valence-electron chi connectivity index (χ0n) is 10.7. The summed E-state index contributed by atoms with van der Waals surface area (Å²) >= 11 is 0. The van der Waals surface area contributed by atoms with Gasteiger partial charge in [-0.25, -0.2) is 13.6 Å². The normalized spacial score (nSPS) is 11.7. The van der Waals surface area contributed by atoms with E-state index in [1.165, 1.54) is 0 Å². The first-order valence-corrected chi connectivity index (χ1v) is 6.02. The van der Waals surface area contributed by atoms with Gasteiger partial charge in [-0.1, -0.05) is 30.3 Å². The minimum absolute atomic E-state index is 0.156. The molecule has 0 aliphatic carbocycles. The molecule has 0 radical (unpaired) electrons. The van der Waals surface area contributed by atoms with Crippen LogP contribution in [0.2, 0.25) is 0 Å². The molecule has 0 saturated carbocycles. The number of carbonyl (C=O) groups excluding carboxylic acids is 1. The van der Waals surface area contributed by atoms with Crippen LogP contribution < -0.4 is 5.32 Å². The van der Waals surface area contributed by atoms with E-state index in [1.807, 2.05) is 0 Å². The van der Waals surface area contributed by atoms with Crippen LogP contribution >= 0.6 is 0 Å². The van der Waals surface area contributed by atoms with Crippen LogP contribution in [0.4, 0.5) is 8.78 Å². The fourth-order valence-corrected chi connectivity index (χ4v) is 1.78. The highest BCUT2D eigenvalue weighted by Crippen LogP contribution is 2.15. The molecule has 0 heterocycles. The Hall–Kier alpha value is -2.76. The number of amides is 1. The molecule has 2 rings (SSSR count). The van der Waals surface area contributed by atoms with Gasteiger partial charge in [0.25, 0.3) is 5.91 Å². The Morgan fingerprint density at radius 2 is 1.67 bits per heavy atom. The van der Waals surface area contributed by atoms with E-state index in [4.69, 9.17) is 0 Å². The second kappa shape index (κ2) is 6.13. The largest absolute Gasteiger partial charge is 0.479 e. The summed E-state index contributed by atoms with van der Waals surface area (Å²) < 4.78 is 25.9. The van der Waals surface area contributed by atoms with Crippen molar-refractivity contribution in [2.75, 3.05) is 0 Å². The zero-order valence-corrected chi connectivity index (χ0v) is 10.7. The number of rotatable bonds is 4. The average Bonchev–Trinajstić information content (AvgIpc) is 2.48. The molecule has 0 unspecified atom stereocenters. The maximum Gasteiger partial charge on any atom is 0.330 e. The van der Waals surface area contributed by atoms with E-state index >= 15 is 0 Å². The van der Waals surface area contributed by atoms with E-state index in [-0.39, 0.29) is 5.56 Å². The number of carboxylic acids is 1. The Bertz CT molecular complexity index is 674. The Morgan fingerprint density at radius 3 is 2.24 bits per heavy atom. The standard InChI is InChI=1S/C15H11F2NO3/c16-11-7-6-10(8-12(11)17)14(19)18-13(15(20)21)9-4-2-1-3-5-9/h1-8,13H,(H,18,19)(H,20,21)/t13-/m1/s1. The molecule has 1 atom stereocenters. The summed E-state index contributed by atoms with van der Waals surface area (Å²) in [6.45, 7) is 0. The van der Waals surface area contributed by atoms with Gasteiger partial charge in [0.1, 0.15) is 0 Å². The third kappa shape index (κ3) is 3.42. The predicted molar refractivity (Wildman–Crippen MR) is 70.6 cm³/mol. The van der Waals surface area contributed by atoms with Crippen molar-refractivity contribution in [2.24, 2.45) is 0 Å². The van der Waals surface area contributed by atoms with Crippen LogP contribution in [0.1, 0.15) is 22.0 Å². The molecule has 0 spiro atoms. The summed E-state index contributed by atoms with van der Waals surface area (Å²) in [5.41, 5.74) is 0.219. The fraction of sp³-hybridized carbons (Fsp3) is 0.0667. The number of carboxylic acid groups (broad SMARTS) is 1. The molecule has 0 aliphatic heterocycles. The van der Waals surface area contributed by atoms with Crippen molar-refractivity contribution in [1.82, 2.24) is 5.32 Å². The van der Waals surface area contributed by atoms with Crippen LogP contribution in [0, 0.1) is 11.6 Å². The fourth-order valence-electron chi connectivity index (χ4n) is 1.78. The number of aliphatic carboxylic acids is 1. The van der Waals surface area contributed by atoms with Crippen molar-refractivity contribution in [2.45, 2.75) is 6.04 Å². The summed E-state index contributed by atoms with van der Waals surface area (Å²) in [5, 5.41) is 11.4. The lowest BCUT2D eigenvalue weighted by molar-refractivity contribution is -0.139. The van der Waals surface area contributed by atoms with Crippen molar-refractivity contribution in [3.05, 3.63) is 71.3 Å². The van der Waals surface area contributed by atoms with Crippen LogP contribution in [0.25, 0.3) is 0 Å². The maximum absolute atomic E-state index is 13.1. The Balaban J connectivity index is 2.23. The van der Waals surface area contributed by atoms with E-state index in [0.29, 0.717) is 11.6 Å². The van der Waals surface area contributed by atoms with Crippen molar-refractivity contribution >= 4 is 11.9 Å². The minimum Gasteiger partial charge on any atom is -0.479 e.